The van der Waals surface area contributed by atoms with Crippen molar-refractivity contribution in [1.82, 2.24) is 9.55 Å². The molecular weight excluding hydrogens is 230 g/mol. The molecule has 2 aromatic rings. The van der Waals surface area contributed by atoms with Crippen LogP contribution in [0.4, 0.5) is 5.95 Å². The van der Waals surface area contributed by atoms with Gasteiger partial charge in [-0.25, -0.2) is 4.98 Å². The fourth-order valence-corrected chi connectivity index (χ4v) is 2.67. The van der Waals surface area contributed by atoms with Gasteiger partial charge in [-0.3, -0.25) is 0 Å². The molecule has 0 atom stereocenters. The summed E-state index contributed by atoms with van der Waals surface area (Å²) in [6, 6.07) is 2.57. The lowest BCUT2D eigenvalue weighted by Gasteiger charge is -2.11. The summed E-state index contributed by atoms with van der Waals surface area (Å²) in [5, 5.41) is 5.53. The molecular formula is C13H19N3S. The van der Waals surface area contributed by atoms with Crippen LogP contribution in [0.25, 0.3) is 0 Å². The number of aryl methyl sites for hydroxylation is 2. The van der Waals surface area contributed by atoms with E-state index in [-0.39, 0.29) is 0 Å². The van der Waals surface area contributed by atoms with Crippen LogP contribution < -0.4 is 5.32 Å². The number of aromatic nitrogens is 2. The van der Waals surface area contributed by atoms with Crippen LogP contribution in [0.15, 0.2) is 17.6 Å². The van der Waals surface area contributed by atoms with E-state index in [0.29, 0.717) is 6.04 Å². The maximum Gasteiger partial charge on any atom is 0.203 e. The van der Waals surface area contributed by atoms with Crippen LogP contribution >= 0.6 is 11.3 Å². The third kappa shape index (κ3) is 2.88. The van der Waals surface area contributed by atoms with Gasteiger partial charge in [-0.15, -0.1) is 11.3 Å². The van der Waals surface area contributed by atoms with Crippen LogP contribution in [0.5, 0.6) is 0 Å². The predicted molar refractivity (Wildman–Crippen MR) is 73.9 cm³/mol. The number of nitrogens with zero attached hydrogens (tertiary/aromatic N) is 2. The molecule has 0 saturated carbocycles. The minimum Gasteiger partial charge on any atom is -0.353 e. The van der Waals surface area contributed by atoms with Gasteiger partial charge in [-0.05, 0) is 44.7 Å². The van der Waals surface area contributed by atoms with E-state index < -0.39 is 0 Å². The predicted octanol–water partition coefficient (Wildman–Crippen LogP) is 3.43. The molecule has 0 aliphatic carbocycles. The van der Waals surface area contributed by atoms with Gasteiger partial charge in [0.25, 0.3) is 0 Å². The molecule has 0 aromatic carbocycles. The Labute approximate surface area is 107 Å². The van der Waals surface area contributed by atoms with Gasteiger partial charge in [0.1, 0.15) is 0 Å². The second kappa shape index (κ2) is 4.92. The van der Waals surface area contributed by atoms with Crippen molar-refractivity contribution >= 4 is 17.3 Å². The fraction of sp³-hybridized carbons (Fsp3) is 0.462. The van der Waals surface area contributed by atoms with E-state index in [1.165, 1.54) is 10.4 Å². The second-order valence-electron chi connectivity index (χ2n) is 4.66. The van der Waals surface area contributed by atoms with Crippen molar-refractivity contribution in [3.05, 3.63) is 33.8 Å². The summed E-state index contributed by atoms with van der Waals surface area (Å²) >= 11 is 1.80. The van der Waals surface area contributed by atoms with E-state index in [0.717, 1.165) is 18.2 Å². The summed E-state index contributed by atoms with van der Waals surface area (Å²) in [5.74, 6) is 0.963. The summed E-state index contributed by atoms with van der Waals surface area (Å²) in [7, 11) is 0. The molecule has 3 nitrogen and oxygen atoms in total. The number of imidazole rings is 1. The lowest BCUT2D eigenvalue weighted by molar-refractivity contribution is 0.779. The van der Waals surface area contributed by atoms with E-state index in [2.05, 4.69) is 53.3 Å². The van der Waals surface area contributed by atoms with E-state index in [4.69, 9.17) is 0 Å². The molecule has 0 aliphatic rings. The molecule has 0 fully saturated rings. The Morgan fingerprint density at radius 1 is 1.41 bits per heavy atom. The zero-order valence-electron chi connectivity index (χ0n) is 10.8. The standard InChI is InChI=1S/C13H19N3S/c1-9(2)14-13-15-11(4)7-16(13)8-12-10(3)5-6-17-12/h5-7,9H,8H2,1-4H3,(H,14,15). The molecule has 0 aliphatic heterocycles. The third-order valence-corrected chi connectivity index (χ3v) is 3.60. The Balaban J connectivity index is 2.23. The zero-order valence-corrected chi connectivity index (χ0v) is 11.6. The van der Waals surface area contributed by atoms with Crippen molar-refractivity contribution in [3.63, 3.8) is 0 Å². The number of thiophene rings is 1. The van der Waals surface area contributed by atoms with E-state index >= 15 is 0 Å². The first kappa shape index (κ1) is 12.2. The molecule has 2 rings (SSSR count). The van der Waals surface area contributed by atoms with Gasteiger partial charge in [0.2, 0.25) is 5.95 Å². The van der Waals surface area contributed by atoms with Crippen molar-refractivity contribution in [2.24, 2.45) is 0 Å². The Morgan fingerprint density at radius 3 is 2.76 bits per heavy atom. The smallest absolute Gasteiger partial charge is 0.203 e. The lowest BCUT2D eigenvalue weighted by Crippen LogP contribution is -2.14. The number of hydrogen-bond acceptors (Lipinski definition) is 3. The Bertz CT molecular complexity index is 496. The highest BCUT2D eigenvalue weighted by Crippen LogP contribution is 2.19. The van der Waals surface area contributed by atoms with Crippen molar-refractivity contribution in [3.8, 4) is 0 Å². The van der Waals surface area contributed by atoms with E-state index in [1.54, 1.807) is 11.3 Å². The molecule has 0 saturated heterocycles. The summed E-state index contributed by atoms with van der Waals surface area (Å²) in [6.07, 6.45) is 2.10. The number of hydrogen-bond donors (Lipinski definition) is 1. The van der Waals surface area contributed by atoms with Crippen molar-refractivity contribution in [2.45, 2.75) is 40.3 Å². The second-order valence-corrected chi connectivity index (χ2v) is 5.66. The molecule has 0 spiro atoms. The van der Waals surface area contributed by atoms with Crippen LogP contribution in [0, 0.1) is 13.8 Å². The van der Waals surface area contributed by atoms with Crippen molar-refractivity contribution < 1.29 is 0 Å². The van der Waals surface area contributed by atoms with Crippen LogP contribution in [-0.2, 0) is 6.54 Å². The summed E-state index contributed by atoms with van der Waals surface area (Å²) in [5.41, 5.74) is 2.42. The number of anilines is 1. The molecule has 0 bridgehead atoms. The van der Waals surface area contributed by atoms with E-state index in [9.17, 15) is 0 Å². The first-order valence-electron chi connectivity index (χ1n) is 5.89. The van der Waals surface area contributed by atoms with Crippen LogP contribution in [0.2, 0.25) is 0 Å². The molecule has 2 aromatic heterocycles. The average molecular weight is 249 g/mol. The number of rotatable bonds is 4. The molecule has 0 amide bonds. The monoisotopic (exact) mass is 249 g/mol. The lowest BCUT2D eigenvalue weighted by atomic mass is 10.3. The first-order chi connectivity index (χ1) is 8.06. The topological polar surface area (TPSA) is 29.9 Å². The minimum absolute atomic E-state index is 0.403. The van der Waals surface area contributed by atoms with Gasteiger partial charge in [0.15, 0.2) is 0 Å². The van der Waals surface area contributed by atoms with Gasteiger partial charge in [0.05, 0.1) is 12.2 Å². The number of nitrogens with one attached hydrogen (secondary N) is 1. The summed E-state index contributed by atoms with van der Waals surface area (Å²) in [6.45, 7) is 9.35. The fourth-order valence-electron chi connectivity index (χ4n) is 1.76. The largest absolute Gasteiger partial charge is 0.353 e. The first-order valence-corrected chi connectivity index (χ1v) is 6.77. The molecule has 2 heterocycles. The Hall–Kier alpha value is -1.29. The summed E-state index contributed by atoms with van der Waals surface area (Å²) in [4.78, 5) is 5.91. The van der Waals surface area contributed by atoms with Crippen LogP contribution in [-0.4, -0.2) is 15.6 Å². The van der Waals surface area contributed by atoms with Gasteiger partial charge >= 0.3 is 0 Å². The SMILES string of the molecule is Cc1cn(Cc2sccc2C)c(NC(C)C)n1. The molecule has 1 N–H and O–H groups in total. The third-order valence-electron chi connectivity index (χ3n) is 2.60. The zero-order chi connectivity index (χ0) is 12.4. The maximum atomic E-state index is 4.52. The van der Waals surface area contributed by atoms with Gasteiger partial charge in [-0.1, -0.05) is 0 Å². The molecule has 0 radical (unpaired) electrons. The molecule has 17 heavy (non-hydrogen) atoms. The molecule has 0 unspecified atom stereocenters. The van der Waals surface area contributed by atoms with Gasteiger partial charge < -0.3 is 9.88 Å². The summed E-state index contributed by atoms with van der Waals surface area (Å²) < 4.78 is 2.19. The Morgan fingerprint density at radius 2 is 2.18 bits per heavy atom. The highest BCUT2D eigenvalue weighted by atomic mass is 32.1. The molecule has 4 heteroatoms. The van der Waals surface area contributed by atoms with Crippen LogP contribution in [0.1, 0.15) is 30.0 Å². The Kier molecular flexibility index (Phi) is 3.52. The highest BCUT2D eigenvalue weighted by Gasteiger charge is 2.08. The highest BCUT2D eigenvalue weighted by molar-refractivity contribution is 7.10. The van der Waals surface area contributed by atoms with Crippen molar-refractivity contribution in [2.75, 3.05) is 5.32 Å². The van der Waals surface area contributed by atoms with Crippen LogP contribution in [0.3, 0.4) is 0 Å². The van der Waals surface area contributed by atoms with Gasteiger partial charge in [-0.2, -0.15) is 0 Å². The van der Waals surface area contributed by atoms with Gasteiger partial charge in [0, 0.05) is 17.1 Å². The maximum absolute atomic E-state index is 4.52. The average Bonchev–Trinajstić information content (AvgIpc) is 2.75. The normalized spacial score (nSPS) is 11.1. The molecule has 92 valence electrons. The van der Waals surface area contributed by atoms with Crippen molar-refractivity contribution in [1.29, 1.82) is 0 Å². The quantitative estimate of drug-likeness (QED) is 0.899. The minimum atomic E-state index is 0.403. The van der Waals surface area contributed by atoms with E-state index in [1.807, 2.05) is 6.92 Å².